The van der Waals surface area contributed by atoms with Crippen molar-refractivity contribution in [1.29, 1.82) is 0 Å². The van der Waals surface area contributed by atoms with Crippen LogP contribution in [-0.2, 0) is 14.3 Å². The lowest BCUT2D eigenvalue weighted by Gasteiger charge is -2.28. The van der Waals surface area contributed by atoms with Crippen LogP contribution >= 0.6 is 0 Å². The summed E-state index contributed by atoms with van der Waals surface area (Å²) in [4.78, 5) is 11.5. The van der Waals surface area contributed by atoms with Gasteiger partial charge >= 0.3 is 12.1 Å². The van der Waals surface area contributed by atoms with Crippen LogP contribution in [0.25, 0.3) is 0 Å². The molecule has 0 fully saturated rings. The molecule has 0 aromatic heterocycles. The van der Waals surface area contributed by atoms with Crippen molar-refractivity contribution in [2.24, 2.45) is 0 Å². The van der Waals surface area contributed by atoms with Crippen LogP contribution in [0.5, 0.6) is 0 Å². The lowest BCUT2D eigenvalue weighted by Crippen LogP contribution is -2.47. The molecular formula is C11H20F3NO3. The smallest absolute Gasteiger partial charge is 0.401 e. The van der Waals surface area contributed by atoms with E-state index in [4.69, 9.17) is 9.47 Å². The van der Waals surface area contributed by atoms with E-state index in [2.05, 4.69) is 5.32 Å². The number of carbonyl (C=O) groups excluding carboxylic acids is 1. The zero-order valence-electron chi connectivity index (χ0n) is 11.1. The third-order valence-corrected chi connectivity index (χ3v) is 2.37. The van der Waals surface area contributed by atoms with Crippen LogP contribution in [0, 0.1) is 0 Å². The third-order valence-electron chi connectivity index (χ3n) is 2.37. The molecule has 0 aliphatic heterocycles. The largest absolute Gasteiger partial charge is 0.465 e. The second-order valence-electron chi connectivity index (χ2n) is 4.47. The second kappa shape index (κ2) is 6.94. The first-order valence-electron chi connectivity index (χ1n) is 5.63. The van der Waals surface area contributed by atoms with Gasteiger partial charge in [0.1, 0.15) is 6.04 Å². The van der Waals surface area contributed by atoms with Crippen LogP contribution < -0.4 is 5.32 Å². The van der Waals surface area contributed by atoms with Gasteiger partial charge in [0.2, 0.25) is 0 Å². The molecule has 18 heavy (non-hydrogen) atoms. The van der Waals surface area contributed by atoms with Crippen LogP contribution in [0.1, 0.15) is 27.2 Å². The van der Waals surface area contributed by atoms with Gasteiger partial charge in [-0.05, 0) is 20.8 Å². The normalized spacial score (nSPS) is 14.4. The molecule has 0 radical (unpaired) electrons. The summed E-state index contributed by atoms with van der Waals surface area (Å²) in [5.41, 5.74) is -0.712. The highest BCUT2D eigenvalue weighted by Gasteiger charge is 2.33. The molecule has 1 unspecified atom stereocenters. The highest BCUT2D eigenvalue weighted by molar-refractivity contribution is 5.75. The van der Waals surface area contributed by atoms with E-state index in [-0.39, 0.29) is 13.0 Å². The number of halogens is 3. The maximum Gasteiger partial charge on any atom is 0.401 e. The molecule has 0 heterocycles. The maximum absolute atomic E-state index is 12.1. The van der Waals surface area contributed by atoms with Gasteiger partial charge in [-0.15, -0.1) is 0 Å². The minimum absolute atomic E-state index is 0.0956. The topological polar surface area (TPSA) is 47.6 Å². The van der Waals surface area contributed by atoms with E-state index in [1.54, 1.807) is 20.8 Å². The van der Waals surface area contributed by atoms with Crippen molar-refractivity contribution in [3.8, 4) is 0 Å². The predicted octanol–water partition coefficient (Wildman–Crippen LogP) is 1.89. The molecule has 1 atom stereocenters. The zero-order chi connectivity index (χ0) is 14.4. The number of hydrogen-bond donors (Lipinski definition) is 1. The molecule has 0 amide bonds. The van der Waals surface area contributed by atoms with Crippen molar-refractivity contribution >= 4 is 5.97 Å². The fourth-order valence-electron chi connectivity index (χ4n) is 1.30. The Kier molecular flexibility index (Phi) is 6.62. The monoisotopic (exact) mass is 271 g/mol. The fourth-order valence-corrected chi connectivity index (χ4v) is 1.30. The second-order valence-corrected chi connectivity index (χ2v) is 4.47. The molecule has 0 aliphatic rings. The average molecular weight is 271 g/mol. The van der Waals surface area contributed by atoms with Gasteiger partial charge in [0, 0.05) is 13.5 Å². The Balaban J connectivity index is 4.58. The van der Waals surface area contributed by atoms with Crippen LogP contribution in [-0.4, -0.2) is 44.0 Å². The summed E-state index contributed by atoms with van der Waals surface area (Å²) in [6.07, 6.45) is -4.28. The molecule has 108 valence electrons. The van der Waals surface area contributed by atoms with Crippen LogP contribution in [0.3, 0.4) is 0 Å². The number of carbonyl (C=O) groups is 1. The number of rotatable bonds is 7. The van der Waals surface area contributed by atoms with E-state index in [1.807, 2.05) is 0 Å². The molecule has 0 spiro atoms. The Morgan fingerprint density at radius 3 is 2.28 bits per heavy atom. The Morgan fingerprint density at radius 1 is 1.33 bits per heavy atom. The summed E-state index contributed by atoms with van der Waals surface area (Å²) in [7, 11) is 1.44. The molecule has 0 aromatic carbocycles. The quantitative estimate of drug-likeness (QED) is 0.718. The minimum atomic E-state index is -4.37. The van der Waals surface area contributed by atoms with E-state index in [0.29, 0.717) is 0 Å². The predicted molar refractivity (Wildman–Crippen MR) is 60.2 cm³/mol. The van der Waals surface area contributed by atoms with E-state index in [9.17, 15) is 18.0 Å². The van der Waals surface area contributed by atoms with Gasteiger partial charge in [-0.3, -0.25) is 10.1 Å². The lowest BCUT2D eigenvalue weighted by atomic mass is 9.99. The van der Waals surface area contributed by atoms with Crippen LogP contribution in [0.4, 0.5) is 13.2 Å². The molecule has 1 N–H and O–H groups in total. The number of alkyl halides is 3. The number of ether oxygens (including phenoxy) is 2. The number of esters is 1. The molecule has 0 saturated carbocycles. The number of nitrogens with one attached hydrogen (secondary N) is 1. The summed E-state index contributed by atoms with van der Waals surface area (Å²) in [6.45, 7) is 3.86. The first kappa shape index (κ1) is 17.2. The number of hydrogen-bond acceptors (Lipinski definition) is 4. The number of methoxy groups -OCH3 is 1. The molecule has 0 aliphatic carbocycles. The van der Waals surface area contributed by atoms with Crippen LogP contribution in [0.2, 0.25) is 0 Å². The summed E-state index contributed by atoms with van der Waals surface area (Å²) in [5.74, 6) is -0.702. The summed E-state index contributed by atoms with van der Waals surface area (Å²) in [5, 5.41) is 2.16. The third kappa shape index (κ3) is 7.50. The van der Waals surface area contributed by atoms with Crippen LogP contribution in [0.15, 0.2) is 0 Å². The van der Waals surface area contributed by atoms with Crippen molar-refractivity contribution < 1.29 is 27.4 Å². The van der Waals surface area contributed by atoms with E-state index < -0.39 is 30.3 Å². The van der Waals surface area contributed by atoms with Gasteiger partial charge in [-0.2, -0.15) is 13.2 Å². The van der Waals surface area contributed by atoms with Crippen molar-refractivity contribution in [1.82, 2.24) is 5.32 Å². The zero-order valence-corrected chi connectivity index (χ0v) is 11.1. The Morgan fingerprint density at radius 2 is 1.89 bits per heavy atom. The molecule has 7 heteroatoms. The summed E-state index contributed by atoms with van der Waals surface area (Å²) in [6, 6.07) is -1.04. The molecule has 0 saturated heterocycles. The first-order valence-corrected chi connectivity index (χ1v) is 5.63. The molecule has 4 nitrogen and oxygen atoms in total. The van der Waals surface area contributed by atoms with Crippen molar-refractivity contribution in [3.05, 3.63) is 0 Å². The summed E-state index contributed by atoms with van der Waals surface area (Å²) < 4.78 is 46.2. The standard InChI is InChI=1S/C11H20F3NO3/c1-5-18-9(16)8(6-10(2,3)17-4)15-7-11(12,13)14/h8,15H,5-7H2,1-4H3. The lowest BCUT2D eigenvalue weighted by molar-refractivity contribution is -0.151. The molecule has 0 rings (SSSR count). The van der Waals surface area contributed by atoms with Crippen molar-refractivity contribution in [3.63, 3.8) is 0 Å². The molecule has 0 aromatic rings. The van der Waals surface area contributed by atoms with Gasteiger partial charge in [-0.25, -0.2) is 0 Å². The molecule has 0 bridgehead atoms. The average Bonchev–Trinajstić information content (AvgIpc) is 2.23. The van der Waals surface area contributed by atoms with Gasteiger partial charge in [0.05, 0.1) is 18.8 Å². The van der Waals surface area contributed by atoms with Gasteiger partial charge in [-0.1, -0.05) is 0 Å². The van der Waals surface area contributed by atoms with E-state index in [1.165, 1.54) is 7.11 Å². The Labute approximate surface area is 105 Å². The summed E-state index contributed by atoms with van der Waals surface area (Å²) >= 11 is 0. The Hall–Kier alpha value is -0.820. The minimum Gasteiger partial charge on any atom is -0.465 e. The van der Waals surface area contributed by atoms with Gasteiger partial charge in [0.15, 0.2) is 0 Å². The van der Waals surface area contributed by atoms with Gasteiger partial charge in [0.25, 0.3) is 0 Å². The van der Waals surface area contributed by atoms with E-state index >= 15 is 0 Å². The van der Waals surface area contributed by atoms with Crippen molar-refractivity contribution in [2.45, 2.75) is 45.0 Å². The molecular weight excluding hydrogens is 251 g/mol. The Bertz CT molecular complexity index is 267. The highest BCUT2D eigenvalue weighted by Crippen LogP contribution is 2.18. The first-order chi connectivity index (χ1) is 8.11. The maximum atomic E-state index is 12.1. The SMILES string of the molecule is CCOC(=O)C(CC(C)(C)OC)NCC(F)(F)F. The van der Waals surface area contributed by atoms with E-state index in [0.717, 1.165) is 0 Å². The van der Waals surface area contributed by atoms with Gasteiger partial charge < -0.3 is 9.47 Å². The fraction of sp³-hybridized carbons (Fsp3) is 0.909. The van der Waals surface area contributed by atoms with Crippen molar-refractivity contribution in [2.75, 3.05) is 20.3 Å². The highest BCUT2D eigenvalue weighted by atomic mass is 19.4.